The van der Waals surface area contributed by atoms with Crippen LogP contribution < -0.4 is 4.90 Å². The van der Waals surface area contributed by atoms with Crippen LogP contribution in [0, 0.1) is 21.8 Å². The molecule has 0 amide bonds. The molecule has 0 aromatic heterocycles. The Kier molecular flexibility index (Phi) is 4.54. The summed E-state index contributed by atoms with van der Waals surface area (Å²) >= 11 is 0. The molecule has 2 rings (SSSR count). The maximum absolute atomic E-state index is 13.1. The van der Waals surface area contributed by atoms with Crippen molar-refractivity contribution in [1.82, 2.24) is 4.90 Å². The highest BCUT2D eigenvalue weighted by molar-refractivity contribution is 5.62. The number of rotatable bonds is 4. The molecule has 0 atom stereocenters. The normalized spacial score (nSPS) is 17.1. The highest BCUT2D eigenvalue weighted by Gasteiger charge is 2.22. The molecule has 0 saturated carbocycles. The van der Waals surface area contributed by atoms with Gasteiger partial charge in [-0.2, -0.15) is 0 Å². The van der Waals surface area contributed by atoms with Gasteiger partial charge in [-0.3, -0.25) is 10.1 Å². The molecule has 1 aromatic rings. The zero-order valence-corrected chi connectivity index (χ0v) is 11.9. The lowest BCUT2D eigenvalue weighted by molar-refractivity contribution is -0.384. The van der Waals surface area contributed by atoms with E-state index in [0.717, 1.165) is 38.5 Å². The van der Waals surface area contributed by atoms with E-state index in [1.54, 1.807) is 0 Å². The van der Waals surface area contributed by atoms with Crippen molar-refractivity contribution in [3.05, 3.63) is 34.1 Å². The van der Waals surface area contributed by atoms with Crippen LogP contribution in [-0.4, -0.2) is 43.6 Å². The number of benzene rings is 1. The van der Waals surface area contributed by atoms with E-state index in [9.17, 15) is 14.5 Å². The molecule has 0 aliphatic carbocycles. The van der Waals surface area contributed by atoms with Gasteiger partial charge in [-0.15, -0.1) is 0 Å². The van der Waals surface area contributed by atoms with Crippen LogP contribution in [0.15, 0.2) is 18.2 Å². The van der Waals surface area contributed by atoms with Crippen molar-refractivity contribution in [1.29, 1.82) is 0 Å². The second kappa shape index (κ2) is 6.17. The number of nitro groups is 1. The minimum absolute atomic E-state index is 0.166. The van der Waals surface area contributed by atoms with Crippen molar-refractivity contribution in [2.75, 3.05) is 38.6 Å². The number of piperidine rings is 1. The van der Waals surface area contributed by atoms with Crippen LogP contribution in [0.2, 0.25) is 0 Å². The molecule has 1 saturated heterocycles. The Hall–Kier alpha value is -1.69. The molecule has 20 heavy (non-hydrogen) atoms. The maximum atomic E-state index is 13.1. The molecule has 1 heterocycles. The quantitative estimate of drug-likeness (QED) is 0.628. The number of likely N-dealkylation sites (tertiary alicyclic amines) is 1. The first kappa shape index (κ1) is 14.7. The van der Waals surface area contributed by atoms with E-state index >= 15 is 0 Å². The molecule has 0 unspecified atom stereocenters. The summed E-state index contributed by atoms with van der Waals surface area (Å²) in [6.07, 6.45) is 2.19. The largest absolute Gasteiger partial charge is 0.369 e. The Morgan fingerprint density at radius 3 is 2.70 bits per heavy atom. The van der Waals surface area contributed by atoms with Crippen molar-refractivity contribution in [3.8, 4) is 0 Å². The lowest BCUT2D eigenvalue weighted by Gasteiger charge is -2.32. The van der Waals surface area contributed by atoms with Gasteiger partial charge in [0.1, 0.15) is 11.5 Å². The first-order valence-electron chi connectivity index (χ1n) is 6.81. The fraction of sp³-hybridized carbons (Fsp3) is 0.571. The molecular weight excluding hydrogens is 261 g/mol. The minimum Gasteiger partial charge on any atom is -0.369 e. The molecule has 1 aromatic carbocycles. The highest BCUT2D eigenvalue weighted by Crippen LogP contribution is 2.29. The SMILES string of the molecule is CN1CCC(CN(C)c2ccc(F)cc2[N+](=O)[O-])CC1. The van der Waals surface area contributed by atoms with Gasteiger partial charge in [-0.25, -0.2) is 4.39 Å². The highest BCUT2D eigenvalue weighted by atomic mass is 19.1. The number of anilines is 1. The van der Waals surface area contributed by atoms with Gasteiger partial charge in [0.25, 0.3) is 5.69 Å². The van der Waals surface area contributed by atoms with Crippen LogP contribution in [0.3, 0.4) is 0 Å². The van der Waals surface area contributed by atoms with E-state index in [1.165, 1.54) is 12.1 Å². The van der Waals surface area contributed by atoms with Crippen LogP contribution in [0.1, 0.15) is 12.8 Å². The third-order valence-corrected chi connectivity index (χ3v) is 3.92. The first-order valence-corrected chi connectivity index (χ1v) is 6.81. The molecule has 110 valence electrons. The van der Waals surface area contributed by atoms with Crippen molar-refractivity contribution >= 4 is 11.4 Å². The smallest absolute Gasteiger partial charge is 0.295 e. The molecule has 0 bridgehead atoms. The average Bonchev–Trinajstić information content (AvgIpc) is 2.41. The van der Waals surface area contributed by atoms with Crippen molar-refractivity contribution in [3.63, 3.8) is 0 Å². The van der Waals surface area contributed by atoms with Crippen LogP contribution >= 0.6 is 0 Å². The Morgan fingerprint density at radius 2 is 2.10 bits per heavy atom. The third-order valence-electron chi connectivity index (χ3n) is 3.92. The van der Waals surface area contributed by atoms with E-state index in [2.05, 4.69) is 11.9 Å². The first-order chi connectivity index (χ1) is 9.47. The summed E-state index contributed by atoms with van der Waals surface area (Å²) in [7, 11) is 3.93. The van der Waals surface area contributed by atoms with E-state index in [0.29, 0.717) is 11.6 Å². The lowest BCUT2D eigenvalue weighted by atomic mass is 9.96. The predicted octanol–water partition coefficient (Wildman–Crippen LogP) is 2.51. The van der Waals surface area contributed by atoms with E-state index < -0.39 is 10.7 Å². The second-order valence-electron chi connectivity index (χ2n) is 5.52. The van der Waals surface area contributed by atoms with Gasteiger partial charge in [0.2, 0.25) is 0 Å². The monoisotopic (exact) mass is 281 g/mol. The zero-order chi connectivity index (χ0) is 14.7. The third kappa shape index (κ3) is 3.45. The number of halogens is 1. The van der Waals surface area contributed by atoms with Gasteiger partial charge < -0.3 is 9.80 Å². The topological polar surface area (TPSA) is 49.6 Å². The second-order valence-corrected chi connectivity index (χ2v) is 5.52. The van der Waals surface area contributed by atoms with Gasteiger partial charge in [0.05, 0.1) is 11.0 Å². The van der Waals surface area contributed by atoms with Crippen molar-refractivity contribution < 1.29 is 9.31 Å². The van der Waals surface area contributed by atoms with E-state index in [1.807, 2.05) is 11.9 Å². The summed E-state index contributed by atoms with van der Waals surface area (Å²) in [5, 5.41) is 11.0. The fourth-order valence-corrected chi connectivity index (χ4v) is 2.70. The van der Waals surface area contributed by atoms with Gasteiger partial charge in [0, 0.05) is 13.6 Å². The molecule has 0 radical (unpaired) electrons. The summed E-state index contributed by atoms with van der Waals surface area (Å²) in [5.74, 6) is -0.0472. The molecule has 1 aliphatic rings. The minimum atomic E-state index is -0.576. The Balaban J connectivity index is 2.09. The molecule has 1 fully saturated rings. The number of nitrogens with zero attached hydrogens (tertiary/aromatic N) is 3. The summed E-state index contributed by atoms with van der Waals surface area (Å²) in [6.45, 7) is 2.88. The Bertz CT molecular complexity index is 487. The van der Waals surface area contributed by atoms with Gasteiger partial charge in [0.15, 0.2) is 0 Å². The maximum Gasteiger partial charge on any atom is 0.295 e. The van der Waals surface area contributed by atoms with Crippen molar-refractivity contribution in [2.45, 2.75) is 12.8 Å². The van der Waals surface area contributed by atoms with Gasteiger partial charge in [-0.05, 0) is 51.0 Å². The summed E-state index contributed by atoms with van der Waals surface area (Å²) in [4.78, 5) is 14.7. The van der Waals surface area contributed by atoms with Gasteiger partial charge in [-0.1, -0.05) is 0 Å². The van der Waals surface area contributed by atoms with Crippen LogP contribution in [0.4, 0.5) is 15.8 Å². The fourth-order valence-electron chi connectivity index (χ4n) is 2.70. The summed E-state index contributed by atoms with van der Waals surface area (Å²) < 4.78 is 13.1. The van der Waals surface area contributed by atoms with Crippen LogP contribution in [0.5, 0.6) is 0 Å². The lowest BCUT2D eigenvalue weighted by Crippen LogP contribution is -2.35. The molecule has 0 N–H and O–H groups in total. The predicted molar refractivity (Wildman–Crippen MR) is 76.5 cm³/mol. The molecule has 0 spiro atoms. The summed E-state index contributed by atoms with van der Waals surface area (Å²) in [5.41, 5.74) is 0.316. The van der Waals surface area contributed by atoms with Crippen LogP contribution in [-0.2, 0) is 0 Å². The molecule has 1 aliphatic heterocycles. The van der Waals surface area contributed by atoms with Crippen LogP contribution in [0.25, 0.3) is 0 Å². The summed E-state index contributed by atoms with van der Waals surface area (Å²) in [6, 6.07) is 3.75. The van der Waals surface area contributed by atoms with Gasteiger partial charge >= 0.3 is 0 Å². The van der Waals surface area contributed by atoms with E-state index in [-0.39, 0.29) is 5.69 Å². The Labute approximate surface area is 118 Å². The average molecular weight is 281 g/mol. The zero-order valence-electron chi connectivity index (χ0n) is 11.9. The molecule has 6 heteroatoms. The number of hydrogen-bond donors (Lipinski definition) is 0. The number of nitro benzene ring substituents is 1. The van der Waals surface area contributed by atoms with Crippen molar-refractivity contribution in [2.24, 2.45) is 5.92 Å². The number of hydrogen-bond acceptors (Lipinski definition) is 4. The van der Waals surface area contributed by atoms with E-state index in [4.69, 9.17) is 0 Å². The molecular formula is C14H20FN3O2. The molecule has 5 nitrogen and oxygen atoms in total. The standard InChI is InChI=1S/C14H20FN3O2/c1-16-7-5-11(6-8-16)10-17(2)13-4-3-12(15)9-14(13)18(19)20/h3-4,9,11H,5-8,10H2,1-2H3. The Morgan fingerprint density at radius 1 is 1.45 bits per heavy atom.